The number of hydrogen-bond acceptors (Lipinski definition) is 7. The molecule has 0 fully saturated rings. The number of rotatable bonds is 12. The van der Waals surface area contributed by atoms with Gasteiger partial charge < -0.3 is 30.4 Å². The minimum Gasteiger partial charge on any atom is -0.385 e. The summed E-state index contributed by atoms with van der Waals surface area (Å²) in [7, 11) is 3.44. The predicted molar refractivity (Wildman–Crippen MR) is 111 cm³/mol. The zero-order chi connectivity index (χ0) is 23.4. The second-order valence-corrected chi connectivity index (χ2v) is 6.58. The highest BCUT2D eigenvalue weighted by atomic mass is 16.5. The van der Waals surface area contributed by atoms with E-state index in [9.17, 15) is 19.2 Å². The Hall–Kier alpha value is -1.84. The number of aliphatic hydroxyl groups excluding tert-OH is 1. The van der Waals surface area contributed by atoms with Crippen LogP contribution in [0.5, 0.6) is 0 Å². The molecule has 172 valence electrons. The molecule has 0 bridgehead atoms. The van der Waals surface area contributed by atoms with Crippen LogP contribution >= 0.6 is 0 Å². The van der Waals surface area contributed by atoms with Gasteiger partial charge in [0, 0.05) is 39.1 Å². The molecular formula is C20H40N2O7. The minimum absolute atomic E-state index is 0.118. The van der Waals surface area contributed by atoms with Gasteiger partial charge in [0.2, 0.25) is 11.8 Å². The van der Waals surface area contributed by atoms with Gasteiger partial charge in [0.15, 0.2) is 12.5 Å². The number of aldehydes is 1. The van der Waals surface area contributed by atoms with Gasteiger partial charge in [0.25, 0.3) is 0 Å². The maximum Gasteiger partial charge on any atom is 0.226 e. The van der Waals surface area contributed by atoms with Gasteiger partial charge in [-0.15, -0.1) is 0 Å². The Morgan fingerprint density at radius 3 is 1.97 bits per heavy atom. The number of primary amides is 1. The number of aliphatic hydroxyl groups is 1. The standard InChI is InChI=1S/C11H18N2O5.C5H12O.C4H10O/c1-6(15)3-4-8(7(2)10(12)17)11(18)13-9(16)5-14;1-4-5(2)6-3;1-3-4-5-2/h5,7-9,16H,3-4H2,1-2H3,(H2,12,17)(H,13,18);5H,4H2,1-3H3;3-4H2,1-2H3. The first kappa shape index (κ1) is 31.8. The van der Waals surface area contributed by atoms with Gasteiger partial charge in [0.1, 0.15) is 5.78 Å². The smallest absolute Gasteiger partial charge is 0.226 e. The van der Waals surface area contributed by atoms with Crippen molar-refractivity contribution >= 4 is 23.9 Å². The van der Waals surface area contributed by atoms with Crippen molar-refractivity contribution < 1.29 is 33.8 Å². The first-order valence-electron chi connectivity index (χ1n) is 9.76. The summed E-state index contributed by atoms with van der Waals surface area (Å²) in [6.45, 7) is 9.96. The minimum atomic E-state index is -1.63. The van der Waals surface area contributed by atoms with Gasteiger partial charge in [-0.3, -0.25) is 14.4 Å². The first-order valence-corrected chi connectivity index (χ1v) is 9.76. The topological polar surface area (TPSA) is 145 Å². The number of ketones is 1. The summed E-state index contributed by atoms with van der Waals surface area (Å²) in [6.07, 6.45) is 1.44. The second-order valence-electron chi connectivity index (χ2n) is 6.58. The Morgan fingerprint density at radius 2 is 1.72 bits per heavy atom. The molecule has 0 aliphatic carbocycles. The highest BCUT2D eigenvalue weighted by Crippen LogP contribution is 2.18. The number of Topliss-reactive ketones (excluding diaryl/α,β-unsaturated/α-hetero) is 1. The molecule has 0 spiro atoms. The third-order valence-electron chi connectivity index (χ3n) is 4.00. The van der Waals surface area contributed by atoms with Crippen molar-refractivity contribution in [2.45, 2.75) is 72.6 Å². The SMILES string of the molecule is CC(=O)CCC(C(=O)NC(O)C=O)C(C)C(N)=O.CCC(C)OC.CCCOC. The molecule has 0 aliphatic rings. The van der Waals surface area contributed by atoms with E-state index in [1.807, 2.05) is 5.32 Å². The van der Waals surface area contributed by atoms with E-state index in [0.717, 1.165) is 19.4 Å². The lowest BCUT2D eigenvalue weighted by atomic mass is 9.87. The lowest BCUT2D eigenvalue weighted by molar-refractivity contribution is -0.137. The summed E-state index contributed by atoms with van der Waals surface area (Å²) < 4.78 is 9.59. The molecule has 0 aromatic carbocycles. The third kappa shape index (κ3) is 20.7. The summed E-state index contributed by atoms with van der Waals surface area (Å²) in [5.74, 6) is -3.12. The molecule has 9 nitrogen and oxygen atoms in total. The van der Waals surface area contributed by atoms with Gasteiger partial charge in [-0.2, -0.15) is 0 Å². The Morgan fingerprint density at radius 1 is 1.17 bits per heavy atom. The van der Waals surface area contributed by atoms with Crippen molar-refractivity contribution in [2.75, 3.05) is 20.8 Å². The molecule has 0 aliphatic heterocycles. The number of carbonyl (C=O) groups excluding carboxylic acids is 4. The van der Waals surface area contributed by atoms with Gasteiger partial charge in [-0.05, 0) is 33.1 Å². The van der Waals surface area contributed by atoms with Crippen LogP contribution in [-0.4, -0.2) is 62.1 Å². The molecule has 9 heteroatoms. The number of ether oxygens (including phenoxy) is 2. The summed E-state index contributed by atoms with van der Waals surface area (Å²) in [4.78, 5) is 43.9. The maximum absolute atomic E-state index is 11.7. The van der Waals surface area contributed by atoms with E-state index in [-0.39, 0.29) is 24.9 Å². The van der Waals surface area contributed by atoms with E-state index >= 15 is 0 Å². The van der Waals surface area contributed by atoms with Crippen molar-refractivity contribution in [3.8, 4) is 0 Å². The van der Waals surface area contributed by atoms with Crippen LogP contribution in [0.2, 0.25) is 0 Å². The molecule has 0 radical (unpaired) electrons. The molecule has 4 N–H and O–H groups in total. The number of nitrogens with one attached hydrogen (secondary N) is 1. The second kappa shape index (κ2) is 20.9. The van der Waals surface area contributed by atoms with E-state index in [2.05, 4.69) is 20.8 Å². The van der Waals surface area contributed by atoms with E-state index in [1.165, 1.54) is 13.8 Å². The quantitative estimate of drug-likeness (QED) is 0.318. The van der Waals surface area contributed by atoms with Crippen LogP contribution in [-0.2, 0) is 28.7 Å². The van der Waals surface area contributed by atoms with Crippen molar-refractivity contribution in [1.82, 2.24) is 5.32 Å². The van der Waals surface area contributed by atoms with E-state index in [4.69, 9.17) is 20.3 Å². The van der Waals surface area contributed by atoms with Crippen LogP contribution in [0.1, 0.15) is 60.3 Å². The molecule has 0 aromatic heterocycles. The number of methoxy groups -OCH3 is 2. The van der Waals surface area contributed by atoms with Crippen molar-refractivity contribution in [1.29, 1.82) is 0 Å². The van der Waals surface area contributed by atoms with Crippen LogP contribution in [0, 0.1) is 11.8 Å². The van der Waals surface area contributed by atoms with E-state index in [0.29, 0.717) is 6.10 Å². The zero-order valence-electron chi connectivity index (χ0n) is 18.9. The molecule has 29 heavy (non-hydrogen) atoms. The third-order valence-corrected chi connectivity index (χ3v) is 4.00. The molecule has 0 saturated heterocycles. The summed E-state index contributed by atoms with van der Waals surface area (Å²) in [5.41, 5.74) is 5.11. The molecule has 4 unspecified atom stereocenters. The zero-order valence-corrected chi connectivity index (χ0v) is 18.9. The molecule has 0 saturated carbocycles. The molecule has 0 heterocycles. The number of amides is 2. The first-order chi connectivity index (χ1) is 13.5. The van der Waals surface area contributed by atoms with E-state index in [1.54, 1.807) is 14.2 Å². The molecule has 4 atom stereocenters. The van der Waals surface area contributed by atoms with Gasteiger partial charge in [-0.1, -0.05) is 20.8 Å². The van der Waals surface area contributed by atoms with Crippen LogP contribution in [0.4, 0.5) is 0 Å². The van der Waals surface area contributed by atoms with Crippen LogP contribution in [0.3, 0.4) is 0 Å². The van der Waals surface area contributed by atoms with Gasteiger partial charge in [0.05, 0.1) is 6.10 Å². The Kier molecular flexibility index (Phi) is 22.9. The summed E-state index contributed by atoms with van der Waals surface area (Å²) in [5, 5.41) is 11.0. The number of carbonyl (C=O) groups is 4. The fraction of sp³-hybridized carbons (Fsp3) is 0.800. The summed E-state index contributed by atoms with van der Waals surface area (Å²) >= 11 is 0. The highest BCUT2D eigenvalue weighted by Gasteiger charge is 2.29. The van der Waals surface area contributed by atoms with Gasteiger partial charge in [-0.25, -0.2) is 0 Å². The van der Waals surface area contributed by atoms with Crippen LogP contribution in [0.25, 0.3) is 0 Å². The fourth-order valence-electron chi connectivity index (χ4n) is 1.82. The Balaban J connectivity index is -0.000000502. The summed E-state index contributed by atoms with van der Waals surface area (Å²) in [6, 6.07) is 0. The van der Waals surface area contributed by atoms with Crippen molar-refractivity contribution in [2.24, 2.45) is 17.6 Å². The monoisotopic (exact) mass is 420 g/mol. The van der Waals surface area contributed by atoms with E-state index < -0.39 is 29.9 Å². The number of nitrogens with two attached hydrogens (primary N) is 1. The fourth-order valence-corrected chi connectivity index (χ4v) is 1.82. The molecule has 2 amide bonds. The normalized spacial score (nSPS) is 13.9. The predicted octanol–water partition coefficient (Wildman–Crippen LogP) is 1.20. The molecular weight excluding hydrogens is 380 g/mol. The molecule has 0 rings (SSSR count). The molecule has 0 aromatic rings. The van der Waals surface area contributed by atoms with Crippen molar-refractivity contribution in [3.05, 3.63) is 0 Å². The average Bonchev–Trinajstić information content (AvgIpc) is 2.68. The van der Waals surface area contributed by atoms with Gasteiger partial charge >= 0.3 is 0 Å². The maximum atomic E-state index is 11.7. The average molecular weight is 421 g/mol. The largest absolute Gasteiger partial charge is 0.385 e. The highest BCUT2D eigenvalue weighted by molar-refractivity contribution is 5.88. The number of hydrogen-bond donors (Lipinski definition) is 3. The van der Waals surface area contributed by atoms with Crippen LogP contribution < -0.4 is 11.1 Å². The van der Waals surface area contributed by atoms with Crippen molar-refractivity contribution in [3.63, 3.8) is 0 Å². The van der Waals surface area contributed by atoms with Crippen LogP contribution in [0.15, 0.2) is 0 Å². The lowest BCUT2D eigenvalue weighted by Crippen LogP contribution is -2.44. The Labute approximate surface area is 174 Å². The Bertz CT molecular complexity index is 452. The lowest BCUT2D eigenvalue weighted by Gasteiger charge is -2.21.